The van der Waals surface area contributed by atoms with Crippen LogP contribution in [0.1, 0.15) is 20.3 Å². The van der Waals surface area contributed by atoms with Gasteiger partial charge in [0.1, 0.15) is 0 Å². The van der Waals surface area contributed by atoms with Gasteiger partial charge in [-0.2, -0.15) is 0 Å². The molecule has 0 amide bonds. The Bertz CT molecular complexity index is 198. The van der Waals surface area contributed by atoms with Gasteiger partial charge in [-0.3, -0.25) is 0 Å². The average molecular weight is 218 g/mol. The number of alkyl halides is 1. The van der Waals surface area contributed by atoms with Crippen LogP contribution in [0, 0.1) is 0 Å². The van der Waals surface area contributed by atoms with E-state index < -0.39 is 8.07 Å². The van der Waals surface area contributed by atoms with Crippen LogP contribution in [0.15, 0.2) is 23.9 Å². The molecule has 2 heteroatoms. The second-order valence-electron chi connectivity index (χ2n) is 4.64. The van der Waals surface area contributed by atoms with E-state index >= 15 is 0 Å². The third kappa shape index (κ3) is 4.68. The predicted octanol–water partition coefficient (Wildman–Crippen LogP) is 4.12. The zero-order valence-electron chi connectivity index (χ0n) is 9.20. The zero-order valence-corrected chi connectivity index (χ0v) is 11.1. The molecule has 0 aromatic carbocycles. The molecular weight excluding hydrogens is 196 g/mol. The Kier molecular flexibility index (Phi) is 5.66. The Morgan fingerprint density at radius 3 is 2.15 bits per heavy atom. The van der Waals surface area contributed by atoms with Crippen molar-refractivity contribution in [2.75, 3.05) is 5.88 Å². The van der Waals surface area contributed by atoms with Gasteiger partial charge in [-0.1, -0.05) is 0 Å². The van der Waals surface area contributed by atoms with Crippen LogP contribution in [-0.2, 0) is 0 Å². The summed E-state index contributed by atoms with van der Waals surface area (Å²) in [5, 5.41) is 1.40. The van der Waals surface area contributed by atoms with Crippen LogP contribution in [-0.4, -0.2) is 14.0 Å². The third-order valence-corrected chi connectivity index (χ3v) is 8.89. The van der Waals surface area contributed by atoms with E-state index in [9.17, 15) is 0 Å². The second-order valence-corrected chi connectivity index (χ2v) is 10.6. The van der Waals surface area contributed by atoms with Crippen molar-refractivity contribution >= 4 is 19.7 Å². The van der Waals surface area contributed by atoms with Gasteiger partial charge in [0.2, 0.25) is 0 Å². The average Bonchev–Trinajstić information content (AvgIpc) is 1.99. The number of rotatable bonds is 6. The summed E-state index contributed by atoms with van der Waals surface area (Å²) in [6, 6.07) is 2.47. The van der Waals surface area contributed by atoms with Crippen LogP contribution >= 0.6 is 11.6 Å². The quantitative estimate of drug-likeness (QED) is 0.357. The molecule has 0 aliphatic carbocycles. The Balaban J connectivity index is 4.34. The molecule has 0 aromatic heterocycles. The fourth-order valence-corrected chi connectivity index (χ4v) is 5.92. The monoisotopic (exact) mass is 217 g/mol. The standard InChI is InChI=1S/C11H22ClSi/c1-10(2)9-13(5,11(3)4)8-6-7-12/h13H,1,3,6-9H2,2,4-5H3/q-1. The molecule has 0 aliphatic heterocycles. The van der Waals surface area contributed by atoms with Gasteiger partial charge in [-0.25, -0.2) is 0 Å². The first-order valence-corrected chi connectivity index (χ1v) is 8.91. The molecule has 0 saturated heterocycles. The number of hydrogen-bond acceptors (Lipinski definition) is 0. The Labute approximate surface area is 88.7 Å². The SMILES string of the molecule is C=C(C)C[SiH-](C)(CCCCl)C(=C)C. The maximum atomic E-state index is 5.72. The first kappa shape index (κ1) is 13.0. The summed E-state index contributed by atoms with van der Waals surface area (Å²) >= 11 is 5.72. The Morgan fingerprint density at radius 1 is 1.31 bits per heavy atom. The molecule has 13 heavy (non-hydrogen) atoms. The predicted molar refractivity (Wildman–Crippen MR) is 67.6 cm³/mol. The molecule has 0 saturated carbocycles. The van der Waals surface area contributed by atoms with E-state index in [-0.39, 0.29) is 0 Å². The Morgan fingerprint density at radius 2 is 1.85 bits per heavy atom. The summed E-state index contributed by atoms with van der Waals surface area (Å²) in [5.74, 6) is 0.777. The van der Waals surface area contributed by atoms with Gasteiger partial charge in [-0.15, -0.1) is 0 Å². The molecule has 0 N–H and O–H groups in total. The molecule has 0 fully saturated rings. The van der Waals surface area contributed by atoms with E-state index in [1.165, 1.54) is 22.9 Å². The summed E-state index contributed by atoms with van der Waals surface area (Å²) in [6.45, 7) is 14.8. The fraction of sp³-hybridized carbons (Fsp3) is 0.636. The summed E-state index contributed by atoms with van der Waals surface area (Å²) in [4.78, 5) is 0. The van der Waals surface area contributed by atoms with Crippen molar-refractivity contribution in [3.63, 3.8) is 0 Å². The van der Waals surface area contributed by atoms with Crippen molar-refractivity contribution < 1.29 is 0 Å². The number of allylic oxidation sites excluding steroid dienone is 2. The summed E-state index contributed by atoms with van der Waals surface area (Å²) in [7, 11) is -1.59. The van der Waals surface area contributed by atoms with Gasteiger partial charge in [0.25, 0.3) is 0 Å². The molecule has 0 atom stereocenters. The van der Waals surface area contributed by atoms with E-state index in [4.69, 9.17) is 11.6 Å². The van der Waals surface area contributed by atoms with E-state index in [0.717, 1.165) is 12.3 Å². The molecular formula is C11H22ClSi-. The minimum absolute atomic E-state index is 0.777. The van der Waals surface area contributed by atoms with E-state index in [0.29, 0.717) is 0 Å². The molecule has 0 bridgehead atoms. The summed E-state index contributed by atoms with van der Waals surface area (Å²) < 4.78 is 0. The zero-order chi connectivity index (χ0) is 10.5. The normalized spacial score (nSPS) is 12.6. The first-order valence-electron chi connectivity index (χ1n) is 5.01. The molecule has 0 unspecified atom stereocenters. The molecule has 0 spiro atoms. The second kappa shape index (κ2) is 5.66. The first-order chi connectivity index (χ1) is 5.92. The van der Waals surface area contributed by atoms with E-state index in [2.05, 4.69) is 33.6 Å². The van der Waals surface area contributed by atoms with Crippen LogP contribution in [0.4, 0.5) is 0 Å². The van der Waals surface area contributed by atoms with Crippen LogP contribution in [0.5, 0.6) is 0 Å². The van der Waals surface area contributed by atoms with Gasteiger partial charge in [0.05, 0.1) is 0 Å². The number of halogens is 1. The molecule has 0 nitrogen and oxygen atoms in total. The van der Waals surface area contributed by atoms with Gasteiger partial charge in [-0.05, 0) is 0 Å². The van der Waals surface area contributed by atoms with Crippen molar-refractivity contribution in [1.29, 1.82) is 0 Å². The van der Waals surface area contributed by atoms with Crippen LogP contribution in [0.25, 0.3) is 0 Å². The molecule has 0 aliphatic rings. The summed E-state index contributed by atoms with van der Waals surface area (Å²) in [6.07, 6.45) is 1.13. The molecule has 0 heterocycles. The van der Waals surface area contributed by atoms with E-state index in [1.807, 2.05) is 0 Å². The molecule has 78 valence electrons. The van der Waals surface area contributed by atoms with Crippen LogP contribution < -0.4 is 0 Å². The van der Waals surface area contributed by atoms with Crippen molar-refractivity contribution in [2.24, 2.45) is 0 Å². The minimum atomic E-state index is -1.59. The molecule has 0 radical (unpaired) electrons. The van der Waals surface area contributed by atoms with E-state index in [1.54, 1.807) is 0 Å². The van der Waals surface area contributed by atoms with Crippen LogP contribution in [0.3, 0.4) is 0 Å². The van der Waals surface area contributed by atoms with Gasteiger partial charge >= 0.3 is 88.4 Å². The van der Waals surface area contributed by atoms with Gasteiger partial charge < -0.3 is 0 Å². The van der Waals surface area contributed by atoms with Gasteiger partial charge in [0.15, 0.2) is 0 Å². The topological polar surface area (TPSA) is 0 Å². The molecule has 0 rings (SSSR count). The van der Waals surface area contributed by atoms with Crippen LogP contribution in [0.2, 0.25) is 18.6 Å². The van der Waals surface area contributed by atoms with Crippen molar-refractivity contribution in [1.82, 2.24) is 0 Å². The molecule has 0 aromatic rings. The van der Waals surface area contributed by atoms with Crippen molar-refractivity contribution in [2.45, 2.75) is 38.9 Å². The van der Waals surface area contributed by atoms with Gasteiger partial charge in [0, 0.05) is 0 Å². The third-order valence-electron chi connectivity index (χ3n) is 2.96. The van der Waals surface area contributed by atoms with Crippen molar-refractivity contribution in [3.05, 3.63) is 23.9 Å². The Hall–Kier alpha value is -0.0131. The summed E-state index contributed by atoms with van der Waals surface area (Å²) in [5.41, 5.74) is 1.30. The fourth-order valence-electron chi connectivity index (χ4n) is 1.82. The maximum absolute atomic E-state index is 5.72. The number of hydrogen-bond donors (Lipinski definition) is 0. The van der Waals surface area contributed by atoms with Crippen molar-refractivity contribution in [3.8, 4) is 0 Å².